The molecule has 4 nitrogen and oxygen atoms in total. The van der Waals surface area contributed by atoms with E-state index in [1.165, 1.54) is 0 Å². The van der Waals surface area contributed by atoms with Crippen molar-refractivity contribution in [1.29, 1.82) is 0 Å². The Kier molecular flexibility index (Phi) is 2.74. The first-order valence-electron chi connectivity index (χ1n) is 4.69. The standard InChI is InChI=1S/C10H13N3O/c1-14-8-4-6-10-12-11-9-5-2-3-7-13(9)10/h2-3,5,7H,4,6,8H2,1H3. The van der Waals surface area contributed by atoms with Crippen LogP contribution in [0.1, 0.15) is 12.2 Å². The van der Waals surface area contributed by atoms with Crippen molar-refractivity contribution in [3.63, 3.8) is 0 Å². The molecule has 0 saturated carbocycles. The van der Waals surface area contributed by atoms with Gasteiger partial charge in [-0.2, -0.15) is 0 Å². The Labute approximate surface area is 82.5 Å². The average molecular weight is 191 g/mol. The molecule has 0 radical (unpaired) electrons. The van der Waals surface area contributed by atoms with E-state index < -0.39 is 0 Å². The van der Waals surface area contributed by atoms with Gasteiger partial charge in [0.25, 0.3) is 0 Å². The molecule has 0 aromatic carbocycles. The number of nitrogens with zero attached hydrogens (tertiary/aromatic N) is 3. The Hall–Kier alpha value is -1.42. The fourth-order valence-electron chi connectivity index (χ4n) is 1.44. The first-order valence-corrected chi connectivity index (χ1v) is 4.69. The first kappa shape index (κ1) is 9.15. The molecule has 0 spiro atoms. The van der Waals surface area contributed by atoms with Crippen LogP contribution in [0.2, 0.25) is 0 Å². The maximum Gasteiger partial charge on any atom is 0.160 e. The van der Waals surface area contributed by atoms with Crippen molar-refractivity contribution in [1.82, 2.24) is 14.6 Å². The molecule has 2 heterocycles. The lowest BCUT2D eigenvalue weighted by Crippen LogP contribution is -1.97. The smallest absolute Gasteiger partial charge is 0.160 e. The minimum atomic E-state index is 0.766. The number of pyridine rings is 1. The van der Waals surface area contributed by atoms with Gasteiger partial charge >= 0.3 is 0 Å². The van der Waals surface area contributed by atoms with Crippen molar-refractivity contribution in [2.75, 3.05) is 13.7 Å². The van der Waals surface area contributed by atoms with Crippen molar-refractivity contribution in [2.45, 2.75) is 12.8 Å². The van der Waals surface area contributed by atoms with Gasteiger partial charge in [0.05, 0.1) is 0 Å². The molecule has 2 rings (SSSR count). The SMILES string of the molecule is COCCCc1nnc2ccccn12. The second kappa shape index (κ2) is 4.19. The van der Waals surface area contributed by atoms with Crippen LogP contribution in [-0.4, -0.2) is 28.3 Å². The summed E-state index contributed by atoms with van der Waals surface area (Å²) in [4.78, 5) is 0. The molecule has 0 unspecified atom stereocenters. The molecule has 4 heteroatoms. The number of methoxy groups -OCH3 is 1. The summed E-state index contributed by atoms with van der Waals surface area (Å²) in [5, 5.41) is 8.19. The summed E-state index contributed by atoms with van der Waals surface area (Å²) in [5.41, 5.74) is 0.903. The number of rotatable bonds is 4. The Morgan fingerprint density at radius 2 is 2.29 bits per heavy atom. The molecule has 0 aliphatic heterocycles. The fourth-order valence-corrected chi connectivity index (χ4v) is 1.44. The normalized spacial score (nSPS) is 10.9. The van der Waals surface area contributed by atoms with Crippen LogP contribution in [0.4, 0.5) is 0 Å². The van der Waals surface area contributed by atoms with Gasteiger partial charge in [-0.15, -0.1) is 10.2 Å². The van der Waals surface area contributed by atoms with Crippen molar-refractivity contribution in [3.05, 3.63) is 30.2 Å². The third-order valence-electron chi connectivity index (χ3n) is 2.13. The summed E-state index contributed by atoms with van der Waals surface area (Å²) in [6.07, 6.45) is 3.86. The van der Waals surface area contributed by atoms with Gasteiger partial charge < -0.3 is 4.74 Å². The second-order valence-corrected chi connectivity index (χ2v) is 3.14. The van der Waals surface area contributed by atoms with Crippen molar-refractivity contribution < 1.29 is 4.74 Å². The predicted octanol–water partition coefficient (Wildman–Crippen LogP) is 1.31. The molecule has 2 aromatic heterocycles. The summed E-state index contributed by atoms with van der Waals surface area (Å²) in [7, 11) is 1.71. The van der Waals surface area contributed by atoms with E-state index >= 15 is 0 Å². The molecule has 0 aliphatic rings. The van der Waals surface area contributed by atoms with Gasteiger partial charge in [-0.3, -0.25) is 4.40 Å². The molecule has 2 aromatic rings. The summed E-state index contributed by atoms with van der Waals surface area (Å²) in [6.45, 7) is 0.766. The lowest BCUT2D eigenvalue weighted by molar-refractivity contribution is 0.194. The molecule has 0 atom stereocenters. The highest BCUT2D eigenvalue weighted by Crippen LogP contribution is 2.04. The molecule has 14 heavy (non-hydrogen) atoms. The van der Waals surface area contributed by atoms with Crippen LogP contribution in [0.15, 0.2) is 24.4 Å². The van der Waals surface area contributed by atoms with Gasteiger partial charge in [0.2, 0.25) is 0 Å². The highest BCUT2D eigenvalue weighted by atomic mass is 16.5. The highest BCUT2D eigenvalue weighted by molar-refractivity contribution is 5.36. The number of ether oxygens (including phenoxy) is 1. The van der Waals surface area contributed by atoms with Crippen LogP contribution in [0, 0.1) is 0 Å². The van der Waals surface area contributed by atoms with Crippen LogP contribution in [0.3, 0.4) is 0 Å². The number of hydrogen-bond acceptors (Lipinski definition) is 3. The molecule has 0 N–H and O–H groups in total. The first-order chi connectivity index (χ1) is 6.92. The molecular weight excluding hydrogens is 178 g/mol. The Morgan fingerprint density at radius 1 is 1.36 bits per heavy atom. The van der Waals surface area contributed by atoms with Crippen molar-refractivity contribution in [3.8, 4) is 0 Å². The molecule has 0 aliphatic carbocycles. The molecule has 74 valence electrons. The minimum absolute atomic E-state index is 0.766. The van der Waals surface area contributed by atoms with Crippen LogP contribution in [0.5, 0.6) is 0 Å². The summed E-state index contributed by atoms with van der Waals surface area (Å²) >= 11 is 0. The van der Waals surface area contributed by atoms with E-state index in [4.69, 9.17) is 4.74 Å². The van der Waals surface area contributed by atoms with Crippen LogP contribution in [-0.2, 0) is 11.2 Å². The third-order valence-corrected chi connectivity index (χ3v) is 2.13. The zero-order valence-electron chi connectivity index (χ0n) is 8.18. The zero-order chi connectivity index (χ0) is 9.80. The van der Waals surface area contributed by atoms with Gasteiger partial charge in [-0.05, 0) is 18.6 Å². The van der Waals surface area contributed by atoms with E-state index in [1.807, 2.05) is 28.8 Å². The molecule has 0 saturated heterocycles. The maximum atomic E-state index is 4.99. The summed E-state index contributed by atoms with van der Waals surface area (Å²) < 4.78 is 7.00. The van der Waals surface area contributed by atoms with Crippen LogP contribution < -0.4 is 0 Å². The van der Waals surface area contributed by atoms with E-state index in [0.717, 1.165) is 30.9 Å². The van der Waals surface area contributed by atoms with Crippen LogP contribution in [0.25, 0.3) is 5.65 Å². The average Bonchev–Trinajstić information content (AvgIpc) is 2.63. The van der Waals surface area contributed by atoms with Crippen molar-refractivity contribution in [2.24, 2.45) is 0 Å². The lowest BCUT2D eigenvalue weighted by Gasteiger charge is -1.98. The predicted molar refractivity (Wildman–Crippen MR) is 53.2 cm³/mol. The van der Waals surface area contributed by atoms with Crippen LogP contribution >= 0.6 is 0 Å². The van der Waals surface area contributed by atoms with Gasteiger partial charge in [0, 0.05) is 26.3 Å². The monoisotopic (exact) mass is 191 g/mol. The molecule has 0 bridgehead atoms. The number of aryl methyl sites for hydroxylation is 1. The number of fused-ring (bicyclic) bond motifs is 1. The largest absolute Gasteiger partial charge is 0.385 e. The fraction of sp³-hybridized carbons (Fsp3) is 0.400. The lowest BCUT2D eigenvalue weighted by atomic mass is 10.3. The molecule has 0 fully saturated rings. The quantitative estimate of drug-likeness (QED) is 0.684. The zero-order valence-corrected chi connectivity index (χ0v) is 8.18. The second-order valence-electron chi connectivity index (χ2n) is 3.14. The number of hydrogen-bond donors (Lipinski definition) is 0. The van der Waals surface area contributed by atoms with E-state index in [2.05, 4.69) is 10.2 Å². The Bertz CT molecular complexity index is 410. The van der Waals surface area contributed by atoms with E-state index in [0.29, 0.717) is 0 Å². The van der Waals surface area contributed by atoms with Gasteiger partial charge in [-0.25, -0.2) is 0 Å². The summed E-state index contributed by atoms with van der Waals surface area (Å²) in [6, 6.07) is 5.89. The summed E-state index contributed by atoms with van der Waals surface area (Å²) in [5.74, 6) is 0.998. The molecular formula is C10H13N3O. The van der Waals surface area contributed by atoms with E-state index in [9.17, 15) is 0 Å². The van der Waals surface area contributed by atoms with Crippen molar-refractivity contribution >= 4 is 5.65 Å². The minimum Gasteiger partial charge on any atom is -0.385 e. The third kappa shape index (κ3) is 1.75. The topological polar surface area (TPSA) is 39.4 Å². The Morgan fingerprint density at radius 3 is 3.14 bits per heavy atom. The van der Waals surface area contributed by atoms with Gasteiger partial charge in [0.15, 0.2) is 5.65 Å². The van der Waals surface area contributed by atoms with E-state index in [1.54, 1.807) is 7.11 Å². The van der Waals surface area contributed by atoms with E-state index in [-0.39, 0.29) is 0 Å². The van der Waals surface area contributed by atoms with Gasteiger partial charge in [0.1, 0.15) is 5.82 Å². The highest BCUT2D eigenvalue weighted by Gasteiger charge is 2.02. The van der Waals surface area contributed by atoms with Gasteiger partial charge in [-0.1, -0.05) is 6.07 Å². The number of aromatic nitrogens is 3. The molecule has 0 amide bonds. The maximum absolute atomic E-state index is 4.99. The Balaban J connectivity index is 2.17.